The van der Waals surface area contributed by atoms with Gasteiger partial charge in [-0.05, 0) is 0 Å². The molecule has 2 rings (SSSR count). The molecule has 1 aromatic heterocycles. The number of nitriles is 1. The van der Waals surface area contributed by atoms with Gasteiger partial charge in [-0.15, -0.1) is 0 Å². The minimum Gasteiger partial charge on any atom is -0.430 e. The molecule has 0 saturated carbocycles. The molecule has 0 atom stereocenters. The zero-order chi connectivity index (χ0) is 14.7. The van der Waals surface area contributed by atoms with Crippen LogP contribution in [0.15, 0.2) is 24.5 Å². The van der Waals surface area contributed by atoms with Crippen LogP contribution in [0.25, 0.3) is 0 Å². The van der Waals surface area contributed by atoms with Crippen molar-refractivity contribution >= 4 is 28.9 Å². The second kappa shape index (κ2) is 5.69. The van der Waals surface area contributed by atoms with Crippen LogP contribution in [0.4, 0.5) is 5.69 Å². The molecule has 0 unspecified atom stereocenters. The summed E-state index contributed by atoms with van der Waals surface area (Å²) in [5.41, 5.74) is -0.258. The minimum atomic E-state index is -0.658. The maximum atomic E-state index is 10.9. The van der Waals surface area contributed by atoms with E-state index < -0.39 is 4.92 Å². The fraction of sp³-hybridized carbons (Fsp3) is 0. The van der Waals surface area contributed by atoms with E-state index in [0.717, 1.165) is 6.07 Å². The molecule has 0 N–H and O–H groups in total. The second-order valence-electron chi connectivity index (χ2n) is 3.44. The molecule has 20 heavy (non-hydrogen) atoms. The number of nitro benzene ring substituents is 1. The number of nitrogens with zero attached hydrogens (tertiary/aromatic N) is 4. The topological polar surface area (TPSA) is 102 Å². The Balaban J connectivity index is 2.39. The third-order valence-corrected chi connectivity index (χ3v) is 2.88. The molecule has 0 radical (unpaired) electrons. The van der Waals surface area contributed by atoms with E-state index in [2.05, 4.69) is 9.97 Å². The average molecular weight is 311 g/mol. The van der Waals surface area contributed by atoms with Crippen molar-refractivity contribution in [2.45, 2.75) is 0 Å². The molecule has 7 nitrogen and oxygen atoms in total. The van der Waals surface area contributed by atoms with E-state index in [1.54, 1.807) is 6.07 Å². The lowest BCUT2D eigenvalue weighted by molar-refractivity contribution is -0.385. The average Bonchev–Trinajstić information content (AvgIpc) is 2.43. The van der Waals surface area contributed by atoms with E-state index in [0.29, 0.717) is 0 Å². The first-order chi connectivity index (χ1) is 9.51. The minimum absolute atomic E-state index is 0.00881. The van der Waals surface area contributed by atoms with Crippen LogP contribution in [0.1, 0.15) is 5.69 Å². The van der Waals surface area contributed by atoms with Crippen LogP contribution in [-0.4, -0.2) is 14.9 Å². The zero-order valence-corrected chi connectivity index (χ0v) is 11.1. The monoisotopic (exact) mass is 310 g/mol. The lowest BCUT2D eigenvalue weighted by Crippen LogP contribution is -1.96. The number of nitro groups is 1. The van der Waals surface area contributed by atoms with Crippen LogP contribution in [-0.2, 0) is 0 Å². The highest BCUT2D eigenvalue weighted by Gasteiger charge is 2.19. The third-order valence-electron chi connectivity index (χ3n) is 2.16. The summed E-state index contributed by atoms with van der Waals surface area (Å²) in [4.78, 5) is 17.8. The van der Waals surface area contributed by atoms with Crippen LogP contribution in [0, 0.1) is 21.4 Å². The molecule has 0 bridgehead atoms. The van der Waals surface area contributed by atoms with Gasteiger partial charge in [-0.25, -0.2) is 9.97 Å². The van der Waals surface area contributed by atoms with Crippen LogP contribution in [0.3, 0.4) is 0 Å². The summed E-state index contributed by atoms with van der Waals surface area (Å²) in [6.07, 6.45) is 2.35. The summed E-state index contributed by atoms with van der Waals surface area (Å²) in [5, 5.41) is 19.7. The molecule has 0 fully saturated rings. The van der Waals surface area contributed by atoms with Gasteiger partial charge in [-0.3, -0.25) is 10.1 Å². The molecule has 2 aromatic rings. The SMILES string of the molecule is N#Cc1cnc(Oc2cc(Cl)c(Cl)cc2[N+](=O)[O-])cn1. The summed E-state index contributed by atoms with van der Waals surface area (Å²) in [5.74, 6) is -0.131. The van der Waals surface area contributed by atoms with Gasteiger partial charge in [-0.1, -0.05) is 23.2 Å². The second-order valence-corrected chi connectivity index (χ2v) is 4.26. The highest BCUT2D eigenvalue weighted by atomic mass is 35.5. The number of hydrogen-bond acceptors (Lipinski definition) is 6. The van der Waals surface area contributed by atoms with E-state index in [-0.39, 0.29) is 33.1 Å². The first-order valence-electron chi connectivity index (χ1n) is 5.04. The van der Waals surface area contributed by atoms with Gasteiger partial charge in [0.1, 0.15) is 6.07 Å². The molecular formula is C11H4Cl2N4O3. The van der Waals surface area contributed by atoms with Crippen molar-refractivity contribution < 1.29 is 9.66 Å². The predicted molar refractivity (Wildman–Crippen MR) is 69.9 cm³/mol. The Labute approximate surface area is 122 Å². The lowest BCUT2D eigenvalue weighted by Gasteiger charge is -2.06. The fourth-order valence-electron chi connectivity index (χ4n) is 1.28. The lowest BCUT2D eigenvalue weighted by atomic mass is 10.3. The molecule has 9 heteroatoms. The number of aromatic nitrogens is 2. The Morgan fingerprint density at radius 3 is 2.50 bits per heavy atom. The van der Waals surface area contributed by atoms with Gasteiger partial charge >= 0.3 is 5.69 Å². The molecule has 0 spiro atoms. The van der Waals surface area contributed by atoms with Crippen LogP contribution in [0.5, 0.6) is 11.6 Å². The van der Waals surface area contributed by atoms with E-state index in [9.17, 15) is 10.1 Å². The van der Waals surface area contributed by atoms with Crippen molar-refractivity contribution in [3.63, 3.8) is 0 Å². The van der Waals surface area contributed by atoms with E-state index in [1.807, 2.05) is 0 Å². The van der Waals surface area contributed by atoms with Crippen LogP contribution >= 0.6 is 23.2 Å². The van der Waals surface area contributed by atoms with Gasteiger partial charge in [0.25, 0.3) is 0 Å². The molecule has 0 aliphatic rings. The van der Waals surface area contributed by atoms with Gasteiger partial charge in [-0.2, -0.15) is 5.26 Å². The maximum absolute atomic E-state index is 10.9. The number of halogens is 2. The van der Waals surface area contributed by atoms with E-state index >= 15 is 0 Å². The highest BCUT2D eigenvalue weighted by Crippen LogP contribution is 2.37. The molecule has 100 valence electrons. The summed E-state index contributed by atoms with van der Waals surface area (Å²) < 4.78 is 5.24. The van der Waals surface area contributed by atoms with E-state index in [1.165, 1.54) is 18.5 Å². The predicted octanol–water partition coefficient (Wildman–Crippen LogP) is 3.36. The number of rotatable bonds is 3. The van der Waals surface area contributed by atoms with Crippen molar-refractivity contribution in [2.75, 3.05) is 0 Å². The summed E-state index contributed by atoms with van der Waals surface area (Å²) in [6.45, 7) is 0. The van der Waals surface area contributed by atoms with Gasteiger partial charge in [0.15, 0.2) is 5.69 Å². The van der Waals surface area contributed by atoms with Crippen molar-refractivity contribution in [3.8, 4) is 17.7 Å². The number of benzene rings is 1. The summed E-state index contributed by atoms with van der Waals surface area (Å²) in [7, 11) is 0. The molecular weight excluding hydrogens is 307 g/mol. The number of hydrogen-bond donors (Lipinski definition) is 0. The Kier molecular flexibility index (Phi) is 3.98. The maximum Gasteiger partial charge on any atom is 0.313 e. The zero-order valence-electron chi connectivity index (χ0n) is 9.58. The Hall–Kier alpha value is -2.43. The Bertz CT molecular complexity index is 713. The summed E-state index contributed by atoms with van der Waals surface area (Å²) >= 11 is 11.5. The van der Waals surface area contributed by atoms with Crippen molar-refractivity contribution in [3.05, 3.63) is 50.4 Å². The summed E-state index contributed by atoms with van der Waals surface area (Å²) in [6, 6.07) is 4.08. The first-order valence-corrected chi connectivity index (χ1v) is 5.80. The molecule has 0 aliphatic carbocycles. The standard InChI is InChI=1S/C11H4Cl2N4O3/c12-7-1-9(17(18)19)10(2-8(7)13)20-11-5-15-6(3-14)4-16-11/h1-2,4-5H. The first kappa shape index (κ1) is 14.0. The van der Waals surface area contributed by atoms with E-state index in [4.69, 9.17) is 33.2 Å². The molecule has 1 aromatic carbocycles. The molecule has 1 heterocycles. The fourth-order valence-corrected chi connectivity index (χ4v) is 1.59. The molecule has 0 amide bonds. The highest BCUT2D eigenvalue weighted by molar-refractivity contribution is 6.42. The van der Waals surface area contributed by atoms with Gasteiger partial charge < -0.3 is 4.74 Å². The van der Waals surface area contributed by atoms with Gasteiger partial charge in [0.05, 0.1) is 27.4 Å². The Morgan fingerprint density at radius 1 is 1.25 bits per heavy atom. The van der Waals surface area contributed by atoms with Gasteiger partial charge in [0, 0.05) is 12.1 Å². The quantitative estimate of drug-likeness (QED) is 0.636. The molecule has 0 aliphatic heterocycles. The van der Waals surface area contributed by atoms with Crippen molar-refractivity contribution in [2.24, 2.45) is 0 Å². The van der Waals surface area contributed by atoms with Crippen LogP contribution in [0.2, 0.25) is 10.0 Å². The van der Waals surface area contributed by atoms with Gasteiger partial charge in [0.2, 0.25) is 11.6 Å². The van der Waals surface area contributed by atoms with Crippen LogP contribution < -0.4 is 4.74 Å². The molecule has 0 saturated heterocycles. The largest absolute Gasteiger partial charge is 0.430 e. The Morgan fingerprint density at radius 2 is 1.95 bits per heavy atom. The van der Waals surface area contributed by atoms with Crippen molar-refractivity contribution in [1.29, 1.82) is 5.26 Å². The normalized spacial score (nSPS) is 9.85. The van der Waals surface area contributed by atoms with Crippen molar-refractivity contribution in [1.82, 2.24) is 9.97 Å². The number of ether oxygens (including phenoxy) is 1. The smallest absolute Gasteiger partial charge is 0.313 e. The third kappa shape index (κ3) is 2.93.